The van der Waals surface area contributed by atoms with Gasteiger partial charge < -0.3 is 14.6 Å². The molecule has 1 aromatic heterocycles. The number of hydrogen-bond donors (Lipinski definition) is 1. The number of nitrogens with one attached hydrogen (secondary N) is 1. The Kier molecular flexibility index (Phi) is 10.0. The third-order valence-electron chi connectivity index (χ3n) is 8.00. The molecule has 1 N–H and O–H groups in total. The van der Waals surface area contributed by atoms with E-state index in [-0.39, 0.29) is 28.6 Å². The van der Waals surface area contributed by atoms with Crippen molar-refractivity contribution in [2.24, 2.45) is 0 Å². The number of rotatable bonds is 9. The summed E-state index contributed by atoms with van der Waals surface area (Å²) in [6.07, 6.45) is -4.33. The number of carbonyl (C=O) groups is 2. The van der Waals surface area contributed by atoms with Gasteiger partial charge in [-0.2, -0.15) is 18.2 Å². The Morgan fingerprint density at radius 2 is 1.49 bits per heavy atom. The maximum Gasteiger partial charge on any atom is 0.416 e. The van der Waals surface area contributed by atoms with Crippen LogP contribution in [-0.4, -0.2) is 22.0 Å². The first kappa shape index (κ1) is 35.0. The number of esters is 1. The maximum absolute atomic E-state index is 14.3. The second kappa shape index (κ2) is 14.6. The average Bonchev–Trinajstić information content (AvgIpc) is 3.55. The van der Waals surface area contributed by atoms with Crippen LogP contribution in [0, 0.1) is 12.7 Å². The predicted molar refractivity (Wildman–Crippen MR) is 183 cm³/mol. The zero-order chi connectivity index (χ0) is 36.3. The highest BCUT2D eigenvalue weighted by Crippen LogP contribution is 2.39. The number of benzene rings is 5. The van der Waals surface area contributed by atoms with Gasteiger partial charge >= 0.3 is 12.1 Å². The first-order chi connectivity index (χ1) is 24.4. The molecule has 0 bridgehead atoms. The summed E-state index contributed by atoms with van der Waals surface area (Å²) in [6, 6.07) is 27.4. The number of alkyl halides is 3. The van der Waals surface area contributed by atoms with E-state index in [1.165, 1.54) is 37.3 Å². The molecule has 258 valence electrons. The summed E-state index contributed by atoms with van der Waals surface area (Å²) < 4.78 is 64.9. The zero-order valence-electron chi connectivity index (χ0n) is 27.1. The molecule has 1 unspecified atom stereocenters. The molecule has 0 aliphatic rings. The topological polar surface area (TPSA) is 94.3 Å². The molecule has 0 aliphatic heterocycles. The number of carbonyl (C=O) groups excluding carboxylic acids is 2. The lowest BCUT2D eigenvalue weighted by atomic mass is 9.93. The summed E-state index contributed by atoms with van der Waals surface area (Å²) in [7, 11) is 0. The lowest BCUT2D eigenvalue weighted by Gasteiger charge is -2.20. The van der Waals surface area contributed by atoms with E-state index < -0.39 is 35.5 Å². The third-order valence-corrected chi connectivity index (χ3v) is 8.29. The van der Waals surface area contributed by atoms with E-state index in [2.05, 4.69) is 15.5 Å². The van der Waals surface area contributed by atoms with Crippen molar-refractivity contribution in [2.45, 2.75) is 32.5 Å². The van der Waals surface area contributed by atoms with Crippen LogP contribution in [0.4, 0.5) is 17.6 Å². The van der Waals surface area contributed by atoms with Crippen molar-refractivity contribution in [3.05, 3.63) is 148 Å². The summed E-state index contributed by atoms with van der Waals surface area (Å²) in [6.45, 7) is 2.83. The van der Waals surface area contributed by atoms with Crippen molar-refractivity contribution in [1.82, 2.24) is 15.5 Å². The number of ether oxygens (including phenoxy) is 1. The van der Waals surface area contributed by atoms with E-state index >= 15 is 0 Å². The lowest BCUT2D eigenvalue weighted by Crippen LogP contribution is -2.31. The van der Waals surface area contributed by atoms with Gasteiger partial charge in [-0.1, -0.05) is 89.6 Å². The fraction of sp³-hybridized carbons (Fsp3) is 0.128. The monoisotopic (exact) mass is 713 g/mol. The molecule has 0 saturated heterocycles. The van der Waals surface area contributed by atoms with Crippen LogP contribution in [0.2, 0.25) is 5.02 Å². The number of aryl methyl sites for hydroxylation is 1. The number of amides is 1. The van der Waals surface area contributed by atoms with Gasteiger partial charge in [0.1, 0.15) is 11.9 Å². The molecule has 1 heterocycles. The van der Waals surface area contributed by atoms with Gasteiger partial charge in [0.2, 0.25) is 5.89 Å². The highest BCUT2D eigenvalue weighted by atomic mass is 35.5. The lowest BCUT2D eigenvalue weighted by molar-refractivity contribution is -0.137. The molecule has 7 nitrogen and oxygen atoms in total. The van der Waals surface area contributed by atoms with Gasteiger partial charge in [0, 0.05) is 18.9 Å². The molecule has 1 atom stereocenters. The zero-order valence-corrected chi connectivity index (χ0v) is 27.8. The van der Waals surface area contributed by atoms with Crippen LogP contribution in [0.15, 0.2) is 114 Å². The van der Waals surface area contributed by atoms with E-state index in [0.29, 0.717) is 33.6 Å². The largest absolute Gasteiger partial charge is 0.425 e. The Morgan fingerprint density at radius 1 is 0.843 bits per heavy atom. The van der Waals surface area contributed by atoms with Gasteiger partial charge in [-0.05, 0) is 76.7 Å². The molecule has 0 aliphatic carbocycles. The van der Waals surface area contributed by atoms with E-state index in [1.807, 2.05) is 24.3 Å². The number of nitrogens with zero attached hydrogens (tertiary/aromatic N) is 2. The van der Waals surface area contributed by atoms with Gasteiger partial charge in [0.25, 0.3) is 5.91 Å². The summed E-state index contributed by atoms with van der Waals surface area (Å²) in [5.74, 6) is -1.46. The average molecular weight is 714 g/mol. The molecule has 0 spiro atoms. The maximum atomic E-state index is 14.3. The van der Waals surface area contributed by atoms with Crippen LogP contribution in [0.5, 0.6) is 5.75 Å². The van der Waals surface area contributed by atoms with Gasteiger partial charge in [-0.3, -0.25) is 9.59 Å². The van der Waals surface area contributed by atoms with Gasteiger partial charge in [0.05, 0.1) is 16.1 Å². The Labute approximate surface area is 294 Å². The van der Waals surface area contributed by atoms with Crippen molar-refractivity contribution >= 4 is 23.5 Å². The number of aromatic nitrogens is 2. The van der Waals surface area contributed by atoms with E-state index in [9.17, 15) is 27.2 Å². The molecular weight excluding hydrogens is 686 g/mol. The van der Waals surface area contributed by atoms with Crippen LogP contribution >= 0.6 is 11.6 Å². The molecule has 51 heavy (non-hydrogen) atoms. The molecule has 5 aromatic carbocycles. The normalized spacial score (nSPS) is 12.0. The van der Waals surface area contributed by atoms with E-state index in [4.69, 9.17) is 20.9 Å². The van der Waals surface area contributed by atoms with Crippen LogP contribution in [-0.2, 0) is 17.4 Å². The van der Waals surface area contributed by atoms with Crippen molar-refractivity contribution in [3.8, 4) is 39.1 Å². The molecule has 1 amide bonds. The minimum atomic E-state index is -4.53. The Hall–Kier alpha value is -5.81. The van der Waals surface area contributed by atoms with Crippen LogP contribution < -0.4 is 10.1 Å². The SMILES string of the molecule is CC(=O)Oc1c(C(=O)NC(Cc2ccc(-c3ccc(F)c(Cl)c3)cc2)c2nc(C)no2)cc(-c2ccc(C(F)(F)F)cc2)cc1-c1ccccc1. The first-order valence-corrected chi connectivity index (χ1v) is 16.0. The summed E-state index contributed by atoms with van der Waals surface area (Å²) in [4.78, 5) is 31.0. The first-order valence-electron chi connectivity index (χ1n) is 15.6. The fourth-order valence-corrected chi connectivity index (χ4v) is 5.72. The molecule has 6 aromatic rings. The smallest absolute Gasteiger partial charge is 0.416 e. The van der Waals surface area contributed by atoms with E-state index in [1.54, 1.807) is 49.4 Å². The van der Waals surface area contributed by atoms with E-state index in [0.717, 1.165) is 23.3 Å². The summed E-state index contributed by atoms with van der Waals surface area (Å²) in [5.41, 5.74) is 3.18. The number of hydrogen-bond acceptors (Lipinski definition) is 6. The molecule has 0 saturated carbocycles. The van der Waals surface area contributed by atoms with Crippen molar-refractivity contribution in [1.29, 1.82) is 0 Å². The van der Waals surface area contributed by atoms with Gasteiger partial charge in [-0.15, -0.1) is 0 Å². The summed E-state index contributed by atoms with van der Waals surface area (Å²) in [5, 5.41) is 6.82. The summed E-state index contributed by atoms with van der Waals surface area (Å²) >= 11 is 5.98. The standard InChI is InChI=1S/C39H28ClF4N3O4/c1-22-45-38(51-47-22)35(18-24-8-10-25(11-9-24)28-14-17-34(41)33(40)21-28)46-37(49)32-20-29(26-12-15-30(16-13-26)39(42,43)44)19-31(36(32)50-23(2)48)27-6-4-3-5-7-27/h3-17,19-21,35H,18H2,1-2H3,(H,46,49). The van der Waals surface area contributed by atoms with Gasteiger partial charge in [0.15, 0.2) is 11.6 Å². The second-order valence-electron chi connectivity index (χ2n) is 11.7. The molecule has 0 fully saturated rings. The van der Waals surface area contributed by atoms with Crippen molar-refractivity contribution in [3.63, 3.8) is 0 Å². The molecule has 0 radical (unpaired) electrons. The fourth-order valence-electron chi connectivity index (χ4n) is 5.54. The minimum absolute atomic E-state index is 0.00273. The van der Waals surface area contributed by atoms with Crippen molar-refractivity contribution < 1.29 is 36.4 Å². The number of halogens is 5. The molecule has 12 heteroatoms. The molecular formula is C39H28ClF4N3O4. The highest BCUT2D eigenvalue weighted by Gasteiger charge is 2.31. The quantitative estimate of drug-likeness (QED) is 0.0911. The third kappa shape index (κ3) is 8.16. The predicted octanol–water partition coefficient (Wildman–Crippen LogP) is 9.83. The van der Waals surface area contributed by atoms with Gasteiger partial charge in [-0.25, -0.2) is 4.39 Å². The second-order valence-corrected chi connectivity index (χ2v) is 12.1. The van der Waals surface area contributed by atoms with Crippen LogP contribution in [0.3, 0.4) is 0 Å². The Morgan fingerprint density at radius 3 is 2.10 bits per heavy atom. The Balaban J connectivity index is 1.40. The molecule has 6 rings (SSSR count). The van der Waals surface area contributed by atoms with Crippen molar-refractivity contribution in [2.75, 3.05) is 0 Å². The van der Waals surface area contributed by atoms with Crippen LogP contribution in [0.25, 0.3) is 33.4 Å². The van der Waals surface area contributed by atoms with Crippen LogP contribution in [0.1, 0.15) is 46.2 Å². The minimum Gasteiger partial charge on any atom is -0.425 e. The Bertz CT molecular complexity index is 2200. The highest BCUT2D eigenvalue weighted by molar-refractivity contribution is 6.31.